The van der Waals surface area contributed by atoms with Gasteiger partial charge in [-0.05, 0) is 116 Å². The van der Waals surface area contributed by atoms with Crippen LogP contribution in [0, 0.1) is 17.8 Å². The van der Waals surface area contributed by atoms with Crippen LogP contribution in [0.15, 0.2) is 48.7 Å². The standard InChI is InChI=1S/C49H58N8O8/c1-25(2)41(54-48(60)62-4)46(58)57-37-8-6-7-30(37)21-39(57)44-50-23-36(52-44)29-10-12-32-31(19-29)24-65-40-22-33-28(20-34(32)40)11-13-35-43(33)53-45(51-35)38-14-9-26(3)56(38)47(59)42(55-49(61)63-5)27-15-17-64-18-16-27/h10-13,19-20,22-23,25-27,30,37-39,41-42H,6-9,14-18,21,24H2,1-5H3,(H,50,52)(H,51,53)(H,54,60)(H,55,61)/t26-,30-,37-,38?,39?,41?,42-/m0/s1. The molecule has 16 heteroatoms. The zero-order chi connectivity index (χ0) is 45.1. The average Bonchev–Trinajstić information content (AvgIpc) is 4.18. The van der Waals surface area contributed by atoms with Gasteiger partial charge in [0.15, 0.2) is 0 Å². The maximum absolute atomic E-state index is 14.4. The number of nitrogens with one attached hydrogen (secondary N) is 4. The predicted molar refractivity (Wildman–Crippen MR) is 242 cm³/mol. The molecule has 1 aliphatic carbocycles. The number of hydrogen-bond donors (Lipinski definition) is 4. The molecule has 3 saturated heterocycles. The lowest BCUT2D eigenvalue weighted by atomic mass is 9.90. The largest absolute Gasteiger partial charge is 0.488 e. The highest BCUT2D eigenvalue weighted by Gasteiger charge is 2.49. The number of benzene rings is 3. The highest BCUT2D eigenvalue weighted by atomic mass is 16.5. The van der Waals surface area contributed by atoms with Gasteiger partial charge in [0.05, 0.1) is 49.2 Å². The second-order valence-corrected chi connectivity index (χ2v) is 18.9. The predicted octanol–water partition coefficient (Wildman–Crippen LogP) is 7.69. The molecule has 5 aliphatic rings. The molecule has 16 nitrogen and oxygen atoms in total. The minimum absolute atomic E-state index is 0.0375. The fourth-order valence-corrected chi connectivity index (χ4v) is 11.4. The number of amides is 4. The molecule has 10 rings (SSSR count). The zero-order valence-corrected chi connectivity index (χ0v) is 37.6. The van der Waals surface area contributed by atoms with E-state index in [0.29, 0.717) is 38.6 Å². The Morgan fingerprint density at radius 1 is 0.831 bits per heavy atom. The molecule has 4 N–H and O–H groups in total. The number of ether oxygens (including phenoxy) is 4. The van der Waals surface area contributed by atoms with Crippen LogP contribution in [0.1, 0.15) is 101 Å². The van der Waals surface area contributed by atoms with Crippen molar-refractivity contribution in [2.75, 3.05) is 27.4 Å². The molecule has 5 aromatic rings. The van der Waals surface area contributed by atoms with Gasteiger partial charge < -0.3 is 49.3 Å². The summed E-state index contributed by atoms with van der Waals surface area (Å²) in [5.41, 5.74) is 6.66. The number of alkyl carbamates (subject to hydrolysis) is 2. The van der Waals surface area contributed by atoms with Crippen molar-refractivity contribution >= 4 is 45.8 Å². The number of aromatic amines is 2. The molecule has 0 bridgehead atoms. The van der Waals surface area contributed by atoms with Gasteiger partial charge in [-0.1, -0.05) is 38.5 Å². The first-order valence-electron chi connectivity index (χ1n) is 23.2. The SMILES string of the molecule is COC(=O)NC(C(=O)N1C(c2ncc(-c3ccc4c(c3)COc3cc5c(ccc6nc(C7CC[C@H](C)N7C(=O)[C@@H](NC(=O)OC)C7CCOCC7)[nH]c65)cc3-4)[nH]2)C[C@@H]2CCC[C@@H]21)C(C)C. The number of nitrogens with zero attached hydrogens (tertiary/aromatic N) is 4. The Labute approximate surface area is 377 Å². The molecule has 3 unspecified atom stereocenters. The summed E-state index contributed by atoms with van der Waals surface area (Å²) in [5.74, 6) is 2.24. The maximum Gasteiger partial charge on any atom is 0.407 e. The second-order valence-electron chi connectivity index (χ2n) is 18.9. The number of fused-ring (bicyclic) bond motifs is 7. The summed E-state index contributed by atoms with van der Waals surface area (Å²) in [5, 5.41) is 7.65. The minimum Gasteiger partial charge on any atom is -0.488 e. The third-order valence-electron chi connectivity index (χ3n) is 14.8. The van der Waals surface area contributed by atoms with Crippen molar-refractivity contribution in [2.24, 2.45) is 17.8 Å². The van der Waals surface area contributed by atoms with Gasteiger partial charge in [-0.15, -0.1) is 0 Å². The summed E-state index contributed by atoms with van der Waals surface area (Å²) in [4.78, 5) is 74.4. The average molecular weight is 887 g/mol. The van der Waals surface area contributed by atoms with Crippen molar-refractivity contribution in [1.29, 1.82) is 0 Å². The normalized spacial score (nSPS) is 23.8. The lowest BCUT2D eigenvalue weighted by molar-refractivity contribution is -0.139. The molecule has 1 saturated carbocycles. The van der Waals surface area contributed by atoms with Gasteiger partial charge in [0.25, 0.3) is 0 Å². The first-order chi connectivity index (χ1) is 31.5. The quantitative estimate of drug-likeness (QED) is 0.114. The van der Waals surface area contributed by atoms with Crippen molar-refractivity contribution in [3.05, 3.63) is 65.9 Å². The summed E-state index contributed by atoms with van der Waals surface area (Å²) in [7, 11) is 2.63. The number of methoxy groups -OCH3 is 2. The Kier molecular flexibility index (Phi) is 11.4. The fourth-order valence-electron chi connectivity index (χ4n) is 11.4. The Balaban J connectivity index is 0.906. The number of carbonyl (C=O) groups is 4. The molecular formula is C49H58N8O8. The van der Waals surface area contributed by atoms with E-state index < -0.39 is 24.3 Å². The molecule has 2 aromatic heterocycles. The topological polar surface area (TPSA) is 193 Å². The van der Waals surface area contributed by atoms with Crippen LogP contribution in [-0.4, -0.2) is 105 Å². The molecule has 65 heavy (non-hydrogen) atoms. The van der Waals surface area contributed by atoms with Crippen LogP contribution in [0.4, 0.5) is 9.59 Å². The van der Waals surface area contributed by atoms with E-state index in [-0.39, 0.29) is 47.8 Å². The summed E-state index contributed by atoms with van der Waals surface area (Å²) >= 11 is 0. The lowest BCUT2D eigenvalue weighted by Gasteiger charge is -2.36. The fraction of sp³-hybridized carbons (Fsp3) is 0.510. The highest BCUT2D eigenvalue weighted by Crippen LogP contribution is 2.48. The molecule has 7 atom stereocenters. The van der Waals surface area contributed by atoms with Crippen molar-refractivity contribution < 1.29 is 38.1 Å². The van der Waals surface area contributed by atoms with Crippen molar-refractivity contribution in [3.63, 3.8) is 0 Å². The van der Waals surface area contributed by atoms with Gasteiger partial charge in [0.2, 0.25) is 11.8 Å². The van der Waals surface area contributed by atoms with E-state index >= 15 is 0 Å². The van der Waals surface area contributed by atoms with Crippen LogP contribution < -0.4 is 15.4 Å². The van der Waals surface area contributed by atoms with E-state index in [1.807, 2.05) is 35.9 Å². The summed E-state index contributed by atoms with van der Waals surface area (Å²) in [6.45, 7) is 7.41. The lowest BCUT2D eigenvalue weighted by Crippen LogP contribution is -2.54. The van der Waals surface area contributed by atoms with Crippen LogP contribution in [0.5, 0.6) is 5.75 Å². The Hall–Kier alpha value is -6.16. The van der Waals surface area contributed by atoms with Gasteiger partial charge in [0, 0.05) is 36.2 Å². The molecular weight excluding hydrogens is 829 g/mol. The molecule has 0 spiro atoms. The van der Waals surface area contributed by atoms with E-state index in [4.69, 9.17) is 28.9 Å². The van der Waals surface area contributed by atoms with Crippen molar-refractivity contribution in [1.82, 2.24) is 40.4 Å². The summed E-state index contributed by atoms with van der Waals surface area (Å²) < 4.78 is 21.9. The first-order valence-corrected chi connectivity index (χ1v) is 23.2. The molecule has 3 aromatic carbocycles. The maximum atomic E-state index is 14.4. The van der Waals surface area contributed by atoms with Gasteiger partial charge in [-0.3, -0.25) is 9.59 Å². The Morgan fingerprint density at radius 2 is 1.63 bits per heavy atom. The number of imidazole rings is 2. The number of H-pyrrole nitrogens is 2. The van der Waals surface area contributed by atoms with E-state index in [0.717, 1.165) is 106 Å². The monoisotopic (exact) mass is 886 g/mol. The number of likely N-dealkylation sites (tertiary alicyclic amines) is 2. The minimum atomic E-state index is -0.721. The van der Waals surface area contributed by atoms with Gasteiger partial charge in [-0.25, -0.2) is 19.6 Å². The summed E-state index contributed by atoms with van der Waals surface area (Å²) in [6, 6.07) is 12.9. The number of carbonyl (C=O) groups excluding carboxylic acids is 4. The number of aromatic nitrogens is 4. The highest BCUT2D eigenvalue weighted by molar-refractivity contribution is 6.07. The molecule has 0 radical (unpaired) electrons. The summed E-state index contributed by atoms with van der Waals surface area (Å²) in [6.07, 6.45) is 7.45. The van der Waals surface area contributed by atoms with Gasteiger partial charge >= 0.3 is 12.2 Å². The van der Waals surface area contributed by atoms with Crippen LogP contribution in [0.2, 0.25) is 0 Å². The second kappa shape index (κ2) is 17.3. The van der Waals surface area contributed by atoms with Crippen LogP contribution >= 0.6 is 0 Å². The van der Waals surface area contributed by atoms with Crippen molar-refractivity contribution in [2.45, 2.75) is 115 Å². The van der Waals surface area contributed by atoms with Crippen LogP contribution in [-0.2, 0) is 30.4 Å². The molecule has 6 heterocycles. The Bertz CT molecular complexity index is 2650. The van der Waals surface area contributed by atoms with E-state index in [1.165, 1.54) is 14.2 Å². The van der Waals surface area contributed by atoms with E-state index in [1.54, 1.807) is 0 Å². The number of rotatable bonds is 9. The van der Waals surface area contributed by atoms with Gasteiger partial charge in [-0.2, -0.15) is 0 Å². The van der Waals surface area contributed by atoms with Crippen LogP contribution in [0.25, 0.3) is 44.2 Å². The van der Waals surface area contributed by atoms with E-state index in [2.05, 4.69) is 63.9 Å². The van der Waals surface area contributed by atoms with Crippen molar-refractivity contribution in [3.8, 4) is 28.1 Å². The smallest absolute Gasteiger partial charge is 0.407 e. The first kappa shape index (κ1) is 42.8. The molecule has 342 valence electrons. The van der Waals surface area contributed by atoms with E-state index in [9.17, 15) is 19.2 Å². The van der Waals surface area contributed by atoms with Crippen LogP contribution in [0.3, 0.4) is 0 Å². The number of hydrogen-bond acceptors (Lipinski definition) is 10. The third-order valence-corrected chi connectivity index (χ3v) is 14.8. The Morgan fingerprint density at radius 3 is 2.42 bits per heavy atom. The zero-order valence-electron chi connectivity index (χ0n) is 37.6. The molecule has 4 fully saturated rings. The van der Waals surface area contributed by atoms with Gasteiger partial charge in [0.1, 0.15) is 36.1 Å². The molecule has 4 amide bonds. The third kappa shape index (κ3) is 7.72. The molecule has 4 aliphatic heterocycles.